The molecule has 0 spiro atoms. The number of aromatic nitrogens is 1. The van der Waals surface area contributed by atoms with E-state index in [1.165, 1.54) is 0 Å². The average molecular weight is 265 g/mol. The van der Waals surface area contributed by atoms with Gasteiger partial charge in [0.15, 0.2) is 5.89 Å². The number of hydrogen-bond acceptors (Lipinski definition) is 3. The monoisotopic (exact) mass is 264 g/mol. The molecule has 0 saturated heterocycles. The van der Waals surface area contributed by atoms with Crippen molar-refractivity contribution in [1.82, 2.24) is 4.98 Å². The first-order valence-corrected chi connectivity index (χ1v) is 6.26. The largest absolute Gasteiger partial charge is 0.443 e. The Kier molecular flexibility index (Phi) is 3.46. The maximum Gasteiger partial charge on any atom is 0.200 e. The van der Waals surface area contributed by atoms with Gasteiger partial charge in [0, 0.05) is 16.0 Å². The molecule has 0 atom stereocenters. The molecule has 1 aromatic heterocycles. The Bertz CT molecular complexity index is 555. The third kappa shape index (κ3) is 2.57. The van der Waals surface area contributed by atoms with Crippen molar-refractivity contribution in [3.8, 4) is 11.3 Å². The highest BCUT2D eigenvalue weighted by Crippen LogP contribution is 2.30. The van der Waals surface area contributed by atoms with Gasteiger partial charge in [-0.1, -0.05) is 44.5 Å². The van der Waals surface area contributed by atoms with E-state index in [-0.39, 0.29) is 5.41 Å². The van der Waals surface area contributed by atoms with Crippen molar-refractivity contribution < 1.29 is 4.42 Å². The molecule has 4 heteroatoms. The molecule has 3 nitrogen and oxygen atoms in total. The summed E-state index contributed by atoms with van der Waals surface area (Å²) < 4.78 is 5.74. The second-order valence-electron chi connectivity index (χ2n) is 5.26. The van der Waals surface area contributed by atoms with Gasteiger partial charge in [-0.3, -0.25) is 0 Å². The Labute approximate surface area is 112 Å². The number of halogens is 1. The molecule has 0 amide bonds. The standard InChI is InChI=1S/C14H17ClN2O/c1-14(2,3)13-17-12(11(8-16)18-13)9-5-4-6-10(15)7-9/h4-7H,8,16H2,1-3H3. The minimum atomic E-state index is -0.138. The minimum absolute atomic E-state index is 0.138. The van der Waals surface area contributed by atoms with E-state index in [0.29, 0.717) is 23.2 Å². The molecule has 0 aliphatic rings. The molecular weight excluding hydrogens is 248 g/mol. The predicted molar refractivity (Wildman–Crippen MR) is 73.5 cm³/mol. The van der Waals surface area contributed by atoms with Crippen LogP contribution in [0.4, 0.5) is 0 Å². The molecule has 2 rings (SSSR count). The van der Waals surface area contributed by atoms with Crippen LogP contribution in [0, 0.1) is 0 Å². The van der Waals surface area contributed by atoms with Gasteiger partial charge in [0.25, 0.3) is 0 Å². The van der Waals surface area contributed by atoms with Crippen molar-refractivity contribution in [3.63, 3.8) is 0 Å². The molecular formula is C14H17ClN2O. The maximum absolute atomic E-state index is 6.00. The first kappa shape index (κ1) is 13.1. The number of hydrogen-bond donors (Lipinski definition) is 1. The second-order valence-corrected chi connectivity index (χ2v) is 5.69. The van der Waals surface area contributed by atoms with Gasteiger partial charge in [0.2, 0.25) is 0 Å². The fourth-order valence-corrected chi connectivity index (χ4v) is 1.86. The van der Waals surface area contributed by atoms with Gasteiger partial charge in [-0.25, -0.2) is 4.98 Å². The van der Waals surface area contributed by atoms with Gasteiger partial charge >= 0.3 is 0 Å². The summed E-state index contributed by atoms with van der Waals surface area (Å²) in [5, 5.41) is 0.677. The highest BCUT2D eigenvalue weighted by molar-refractivity contribution is 6.30. The summed E-state index contributed by atoms with van der Waals surface area (Å²) >= 11 is 6.00. The zero-order valence-corrected chi connectivity index (χ0v) is 11.6. The molecule has 0 bridgehead atoms. The van der Waals surface area contributed by atoms with Crippen molar-refractivity contribution in [1.29, 1.82) is 0 Å². The zero-order chi connectivity index (χ0) is 13.3. The smallest absolute Gasteiger partial charge is 0.200 e. The summed E-state index contributed by atoms with van der Waals surface area (Å²) in [6.45, 7) is 6.49. The van der Waals surface area contributed by atoms with E-state index in [2.05, 4.69) is 25.8 Å². The zero-order valence-electron chi connectivity index (χ0n) is 10.8. The third-order valence-corrected chi connectivity index (χ3v) is 2.86. The van der Waals surface area contributed by atoms with E-state index in [1.807, 2.05) is 24.3 Å². The van der Waals surface area contributed by atoms with Crippen molar-refractivity contribution >= 4 is 11.6 Å². The first-order chi connectivity index (χ1) is 8.41. The summed E-state index contributed by atoms with van der Waals surface area (Å²) in [6.07, 6.45) is 0. The van der Waals surface area contributed by atoms with Crippen LogP contribution in [0.5, 0.6) is 0 Å². The number of nitrogens with two attached hydrogens (primary N) is 1. The Morgan fingerprint density at radius 1 is 1.33 bits per heavy atom. The van der Waals surface area contributed by atoms with Gasteiger partial charge in [0.05, 0.1) is 6.54 Å². The molecule has 0 aliphatic carbocycles. The van der Waals surface area contributed by atoms with Crippen molar-refractivity contribution in [2.24, 2.45) is 5.73 Å². The topological polar surface area (TPSA) is 52.0 Å². The highest BCUT2D eigenvalue weighted by Gasteiger charge is 2.23. The molecule has 2 N–H and O–H groups in total. The third-order valence-electron chi connectivity index (χ3n) is 2.62. The minimum Gasteiger partial charge on any atom is -0.443 e. The van der Waals surface area contributed by atoms with Crippen LogP contribution in [0.15, 0.2) is 28.7 Å². The number of oxazole rings is 1. The molecule has 0 aliphatic heterocycles. The average Bonchev–Trinajstić information content (AvgIpc) is 2.72. The van der Waals surface area contributed by atoms with E-state index in [9.17, 15) is 0 Å². The fraction of sp³-hybridized carbons (Fsp3) is 0.357. The van der Waals surface area contributed by atoms with E-state index >= 15 is 0 Å². The molecule has 0 radical (unpaired) electrons. The van der Waals surface area contributed by atoms with E-state index in [4.69, 9.17) is 21.8 Å². The molecule has 2 aromatic rings. The normalized spacial score (nSPS) is 11.8. The summed E-state index contributed by atoms with van der Waals surface area (Å²) in [5.74, 6) is 1.39. The SMILES string of the molecule is CC(C)(C)c1nc(-c2cccc(Cl)c2)c(CN)o1. The number of rotatable bonds is 2. The molecule has 18 heavy (non-hydrogen) atoms. The lowest BCUT2D eigenvalue weighted by Gasteiger charge is -2.11. The lowest BCUT2D eigenvalue weighted by atomic mass is 9.97. The van der Waals surface area contributed by atoms with Gasteiger partial charge in [-0.2, -0.15) is 0 Å². The highest BCUT2D eigenvalue weighted by atomic mass is 35.5. The van der Waals surface area contributed by atoms with E-state index in [1.54, 1.807) is 0 Å². The van der Waals surface area contributed by atoms with Crippen molar-refractivity contribution in [2.45, 2.75) is 32.7 Å². The van der Waals surface area contributed by atoms with Crippen LogP contribution in [0.3, 0.4) is 0 Å². The summed E-state index contributed by atoms with van der Waals surface area (Å²) in [4.78, 5) is 4.56. The Hall–Kier alpha value is -1.32. The fourth-order valence-electron chi connectivity index (χ4n) is 1.67. The lowest BCUT2D eigenvalue weighted by molar-refractivity contribution is 0.373. The van der Waals surface area contributed by atoms with Gasteiger partial charge in [-0.05, 0) is 12.1 Å². The summed E-state index contributed by atoms with van der Waals surface area (Å²) in [7, 11) is 0. The summed E-state index contributed by atoms with van der Waals surface area (Å²) in [5.41, 5.74) is 7.29. The quantitative estimate of drug-likeness (QED) is 0.899. The van der Waals surface area contributed by atoms with Gasteiger partial charge in [-0.15, -0.1) is 0 Å². The number of nitrogens with zero attached hydrogens (tertiary/aromatic N) is 1. The van der Waals surface area contributed by atoms with Gasteiger partial charge in [0.1, 0.15) is 11.5 Å². The van der Waals surface area contributed by atoms with Crippen molar-refractivity contribution in [2.75, 3.05) is 0 Å². The molecule has 1 aromatic carbocycles. The van der Waals surface area contributed by atoms with Gasteiger partial charge < -0.3 is 10.2 Å². The van der Waals surface area contributed by atoms with Crippen LogP contribution in [0.25, 0.3) is 11.3 Å². The second kappa shape index (κ2) is 4.75. The van der Waals surface area contributed by atoms with Crippen molar-refractivity contribution in [3.05, 3.63) is 40.9 Å². The summed E-state index contributed by atoms with van der Waals surface area (Å²) in [6, 6.07) is 7.54. The van der Waals surface area contributed by atoms with E-state index in [0.717, 1.165) is 11.3 Å². The molecule has 96 valence electrons. The van der Waals surface area contributed by atoms with E-state index < -0.39 is 0 Å². The maximum atomic E-state index is 6.00. The van der Waals surface area contributed by atoms with Crippen LogP contribution in [-0.4, -0.2) is 4.98 Å². The van der Waals surface area contributed by atoms with Crippen LogP contribution in [-0.2, 0) is 12.0 Å². The Morgan fingerprint density at radius 3 is 2.61 bits per heavy atom. The Balaban J connectivity index is 2.54. The first-order valence-electron chi connectivity index (χ1n) is 5.88. The Morgan fingerprint density at radius 2 is 2.06 bits per heavy atom. The molecule has 1 heterocycles. The molecule has 0 fully saturated rings. The van der Waals surface area contributed by atoms with Crippen LogP contribution in [0.2, 0.25) is 5.02 Å². The molecule has 0 unspecified atom stereocenters. The van der Waals surface area contributed by atoms with Crippen LogP contribution >= 0.6 is 11.6 Å². The predicted octanol–water partition coefficient (Wildman–Crippen LogP) is 3.75. The van der Waals surface area contributed by atoms with Crippen LogP contribution < -0.4 is 5.73 Å². The van der Waals surface area contributed by atoms with Crippen LogP contribution in [0.1, 0.15) is 32.4 Å². The number of benzene rings is 1. The lowest BCUT2D eigenvalue weighted by Crippen LogP contribution is -2.11. The molecule has 0 saturated carbocycles.